The zero-order valence-electron chi connectivity index (χ0n) is 13.2. The third-order valence-electron chi connectivity index (χ3n) is 3.96. The van der Waals surface area contributed by atoms with Crippen LogP contribution in [-0.4, -0.2) is 73.7 Å². The van der Waals surface area contributed by atoms with Crippen molar-refractivity contribution in [3.63, 3.8) is 0 Å². The van der Waals surface area contributed by atoms with Gasteiger partial charge in [-0.1, -0.05) is 12.2 Å². The molecule has 1 saturated heterocycles. The van der Waals surface area contributed by atoms with Gasteiger partial charge in [-0.15, -0.1) is 0 Å². The summed E-state index contributed by atoms with van der Waals surface area (Å²) >= 11 is 0. The molecule has 1 heterocycles. The van der Waals surface area contributed by atoms with Gasteiger partial charge >= 0.3 is 6.03 Å². The van der Waals surface area contributed by atoms with E-state index in [-0.39, 0.29) is 24.7 Å². The molecule has 2 rings (SSSR count). The van der Waals surface area contributed by atoms with Crippen LogP contribution in [0.5, 0.6) is 0 Å². The van der Waals surface area contributed by atoms with Crippen LogP contribution < -0.4 is 11.1 Å². The number of ether oxygens (including phenoxy) is 1. The number of carbonyl (C=O) groups is 2. The predicted octanol–water partition coefficient (Wildman–Crippen LogP) is -0.0774. The second kappa shape index (κ2) is 8.14. The van der Waals surface area contributed by atoms with Gasteiger partial charge < -0.3 is 25.6 Å². The Balaban J connectivity index is 1.91. The Hall–Kier alpha value is -1.60. The van der Waals surface area contributed by atoms with Gasteiger partial charge in [-0.2, -0.15) is 0 Å². The lowest BCUT2D eigenvalue weighted by Crippen LogP contribution is -2.53. The largest absolute Gasteiger partial charge is 0.374 e. The molecule has 0 saturated carbocycles. The Bertz CT molecular complexity index is 427. The van der Waals surface area contributed by atoms with Crippen LogP contribution in [0.25, 0.3) is 0 Å². The van der Waals surface area contributed by atoms with E-state index in [4.69, 9.17) is 10.5 Å². The van der Waals surface area contributed by atoms with Gasteiger partial charge in [0.15, 0.2) is 0 Å². The first-order chi connectivity index (χ1) is 10.5. The van der Waals surface area contributed by atoms with Crippen LogP contribution in [-0.2, 0) is 9.53 Å². The highest BCUT2D eigenvalue weighted by atomic mass is 16.5. The molecule has 3 amide bonds. The third kappa shape index (κ3) is 5.31. The summed E-state index contributed by atoms with van der Waals surface area (Å²) in [5.41, 5.74) is 5.27. The molecule has 1 fully saturated rings. The van der Waals surface area contributed by atoms with Crippen LogP contribution >= 0.6 is 0 Å². The maximum atomic E-state index is 12.4. The van der Waals surface area contributed by atoms with Crippen molar-refractivity contribution >= 4 is 11.9 Å². The van der Waals surface area contributed by atoms with Crippen LogP contribution in [0, 0.1) is 0 Å². The molecule has 0 spiro atoms. The van der Waals surface area contributed by atoms with E-state index in [2.05, 4.69) is 16.3 Å². The van der Waals surface area contributed by atoms with Crippen molar-refractivity contribution in [1.29, 1.82) is 0 Å². The molecular weight excluding hydrogens is 284 g/mol. The maximum absolute atomic E-state index is 12.4. The Kier molecular flexibility index (Phi) is 6.21. The fourth-order valence-electron chi connectivity index (χ4n) is 2.81. The number of rotatable bonds is 5. The number of nitrogens with two attached hydrogens (primary N) is 1. The second-order valence-corrected chi connectivity index (χ2v) is 6.02. The molecule has 0 aromatic carbocycles. The van der Waals surface area contributed by atoms with E-state index < -0.39 is 5.91 Å². The Labute approximate surface area is 131 Å². The highest BCUT2D eigenvalue weighted by Crippen LogP contribution is 2.11. The monoisotopic (exact) mass is 310 g/mol. The minimum Gasteiger partial charge on any atom is -0.374 e. The maximum Gasteiger partial charge on any atom is 0.318 e. The van der Waals surface area contributed by atoms with E-state index in [9.17, 15) is 9.59 Å². The molecule has 1 aliphatic heterocycles. The number of hydrogen-bond acceptors (Lipinski definition) is 4. The smallest absolute Gasteiger partial charge is 0.318 e. The zero-order valence-corrected chi connectivity index (χ0v) is 13.2. The Morgan fingerprint density at radius 1 is 1.50 bits per heavy atom. The van der Waals surface area contributed by atoms with E-state index in [1.807, 2.05) is 13.1 Å². The van der Waals surface area contributed by atoms with Crippen LogP contribution in [0.3, 0.4) is 0 Å². The van der Waals surface area contributed by atoms with Gasteiger partial charge in [0.05, 0.1) is 19.3 Å². The summed E-state index contributed by atoms with van der Waals surface area (Å²) in [5, 5.41) is 2.95. The first kappa shape index (κ1) is 16.8. The van der Waals surface area contributed by atoms with E-state index in [1.165, 1.54) is 4.90 Å². The summed E-state index contributed by atoms with van der Waals surface area (Å²) in [7, 11) is 2.01. The van der Waals surface area contributed by atoms with Crippen LogP contribution in [0.4, 0.5) is 4.79 Å². The molecule has 7 heteroatoms. The Morgan fingerprint density at radius 2 is 2.32 bits per heavy atom. The number of allylic oxidation sites excluding steroid dienone is 1. The number of nitrogens with one attached hydrogen (secondary N) is 1. The number of carbonyl (C=O) groups excluding carboxylic acids is 2. The van der Waals surface area contributed by atoms with Gasteiger partial charge in [-0.25, -0.2) is 4.79 Å². The number of urea groups is 1. The fourth-order valence-corrected chi connectivity index (χ4v) is 2.81. The normalized spacial score (nSPS) is 25.7. The molecule has 124 valence electrons. The highest BCUT2D eigenvalue weighted by molar-refractivity contribution is 5.83. The van der Waals surface area contributed by atoms with Crippen molar-refractivity contribution in [2.24, 2.45) is 5.73 Å². The average molecular weight is 310 g/mol. The predicted molar refractivity (Wildman–Crippen MR) is 83.3 cm³/mol. The molecule has 0 aromatic rings. The lowest BCUT2D eigenvalue weighted by Gasteiger charge is -2.34. The van der Waals surface area contributed by atoms with Gasteiger partial charge in [0.1, 0.15) is 6.54 Å². The van der Waals surface area contributed by atoms with Gasteiger partial charge in [0.2, 0.25) is 5.91 Å². The third-order valence-corrected chi connectivity index (χ3v) is 3.96. The molecule has 2 aliphatic rings. The van der Waals surface area contributed by atoms with Gasteiger partial charge in [0.25, 0.3) is 0 Å². The number of nitrogens with zero attached hydrogens (tertiary/aromatic N) is 2. The summed E-state index contributed by atoms with van der Waals surface area (Å²) in [4.78, 5) is 27.3. The average Bonchev–Trinajstić information content (AvgIpc) is 2.47. The van der Waals surface area contributed by atoms with Crippen molar-refractivity contribution in [2.75, 3.05) is 39.8 Å². The summed E-state index contributed by atoms with van der Waals surface area (Å²) in [5.74, 6) is -0.515. The molecular formula is C15H26N4O3. The summed E-state index contributed by atoms with van der Waals surface area (Å²) < 4.78 is 5.67. The quantitative estimate of drug-likeness (QED) is 0.695. The lowest BCUT2D eigenvalue weighted by molar-refractivity contribution is -0.119. The van der Waals surface area contributed by atoms with E-state index in [0.29, 0.717) is 13.2 Å². The van der Waals surface area contributed by atoms with Crippen molar-refractivity contribution < 1.29 is 14.3 Å². The molecule has 0 unspecified atom stereocenters. The van der Waals surface area contributed by atoms with Crippen LogP contribution in [0.2, 0.25) is 0 Å². The molecule has 3 N–H and O–H groups in total. The molecule has 0 aromatic heterocycles. The van der Waals surface area contributed by atoms with Crippen molar-refractivity contribution in [3.8, 4) is 0 Å². The summed E-state index contributed by atoms with van der Waals surface area (Å²) in [6, 6.07) is -0.223. The summed E-state index contributed by atoms with van der Waals surface area (Å²) in [6.45, 7) is 2.54. The molecule has 0 radical (unpaired) electrons. The molecule has 2 atom stereocenters. The zero-order chi connectivity index (χ0) is 15.9. The molecule has 0 bridgehead atoms. The number of likely N-dealkylation sites (N-methyl/N-ethyl adjacent to an activating group) is 1. The lowest BCUT2D eigenvalue weighted by atomic mass is 10.0. The van der Waals surface area contributed by atoms with Gasteiger partial charge in [0, 0.05) is 19.1 Å². The second-order valence-electron chi connectivity index (χ2n) is 6.02. The van der Waals surface area contributed by atoms with Crippen molar-refractivity contribution in [3.05, 3.63) is 12.2 Å². The van der Waals surface area contributed by atoms with Crippen molar-refractivity contribution in [2.45, 2.75) is 31.4 Å². The first-order valence-electron chi connectivity index (χ1n) is 7.85. The van der Waals surface area contributed by atoms with Crippen LogP contribution in [0.15, 0.2) is 12.2 Å². The first-order valence-corrected chi connectivity index (χ1v) is 7.85. The molecule has 22 heavy (non-hydrogen) atoms. The minimum atomic E-state index is -0.515. The molecule has 1 aliphatic carbocycles. The van der Waals surface area contributed by atoms with Gasteiger partial charge in [-0.3, -0.25) is 4.79 Å². The number of hydrogen-bond donors (Lipinski definition) is 2. The standard InChI is InChI=1S/C15H26N4O3/c1-18-7-8-22-13(9-18)10-19(11-14(16)20)15(21)17-12-5-3-2-4-6-12/h3,5,12-13H,2,4,6-11H2,1H3,(H2,16,20)(H,17,21)/t12-,13-/m1/s1. The number of morpholine rings is 1. The highest BCUT2D eigenvalue weighted by Gasteiger charge is 2.25. The topological polar surface area (TPSA) is 87.9 Å². The van der Waals surface area contributed by atoms with Crippen molar-refractivity contribution in [1.82, 2.24) is 15.1 Å². The van der Waals surface area contributed by atoms with E-state index in [1.54, 1.807) is 0 Å². The van der Waals surface area contributed by atoms with E-state index >= 15 is 0 Å². The Morgan fingerprint density at radius 3 is 2.95 bits per heavy atom. The number of amides is 3. The molecule has 7 nitrogen and oxygen atoms in total. The fraction of sp³-hybridized carbons (Fsp3) is 0.733. The van der Waals surface area contributed by atoms with Crippen LogP contribution in [0.1, 0.15) is 19.3 Å². The van der Waals surface area contributed by atoms with Gasteiger partial charge in [-0.05, 0) is 26.3 Å². The SMILES string of the molecule is CN1CCO[C@@H](CN(CC(N)=O)C(=O)N[C@@H]2C=CCCC2)C1. The minimum absolute atomic E-state index is 0.0339. The number of primary amides is 1. The van der Waals surface area contributed by atoms with E-state index in [0.717, 1.165) is 32.4 Å². The summed E-state index contributed by atoms with van der Waals surface area (Å²) in [6.07, 6.45) is 7.04.